The first-order valence-corrected chi connectivity index (χ1v) is 9.30. The standard InChI is InChI=1S/C20H20Cl2N2O/c1-3-25-20-11(2)8-13(22)10-16(20)18-19-14(6-7-23-18)15-9-12(21)4-5-17(15)24-19/h4-5,8-10,18,23-24H,3,6-7H2,1-2H3. The number of hydrogen-bond donors (Lipinski definition) is 2. The van der Waals surface area contributed by atoms with Crippen LogP contribution in [-0.2, 0) is 6.42 Å². The van der Waals surface area contributed by atoms with Gasteiger partial charge >= 0.3 is 0 Å². The zero-order valence-electron chi connectivity index (χ0n) is 14.2. The second-order valence-corrected chi connectivity index (χ2v) is 7.29. The largest absolute Gasteiger partial charge is 0.493 e. The third kappa shape index (κ3) is 2.91. The van der Waals surface area contributed by atoms with Crippen LogP contribution in [0.15, 0.2) is 30.3 Å². The number of aromatic amines is 1. The van der Waals surface area contributed by atoms with E-state index >= 15 is 0 Å². The maximum absolute atomic E-state index is 6.36. The van der Waals surface area contributed by atoms with E-state index in [4.69, 9.17) is 27.9 Å². The number of rotatable bonds is 3. The molecule has 2 heterocycles. The first-order valence-electron chi connectivity index (χ1n) is 8.54. The zero-order valence-corrected chi connectivity index (χ0v) is 15.8. The number of fused-ring (bicyclic) bond motifs is 3. The van der Waals surface area contributed by atoms with Crippen molar-refractivity contribution in [3.63, 3.8) is 0 Å². The van der Waals surface area contributed by atoms with Crippen LogP contribution >= 0.6 is 23.2 Å². The third-order valence-corrected chi connectivity index (χ3v) is 5.23. The molecule has 1 aliphatic heterocycles. The fourth-order valence-electron chi connectivity index (χ4n) is 3.78. The molecule has 5 heteroatoms. The number of hydrogen-bond acceptors (Lipinski definition) is 2. The summed E-state index contributed by atoms with van der Waals surface area (Å²) in [6.07, 6.45) is 0.968. The molecular weight excluding hydrogens is 355 g/mol. The SMILES string of the molecule is CCOc1c(C)cc(Cl)cc1C1NCCc2c1[nH]c1ccc(Cl)cc21. The molecule has 0 spiro atoms. The maximum atomic E-state index is 6.36. The van der Waals surface area contributed by atoms with Crippen molar-refractivity contribution >= 4 is 34.1 Å². The first kappa shape index (κ1) is 16.8. The Morgan fingerprint density at radius 1 is 1.16 bits per heavy atom. The zero-order chi connectivity index (χ0) is 17.6. The minimum atomic E-state index is 0.0221. The normalized spacial score (nSPS) is 16.9. The van der Waals surface area contributed by atoms with E-state index in [1.165, 1.54) is 16.6 Å². The van der Waals surface area contributed by atoms with Gasteiger partial charge in [-0.1, -0.05) is 23.2 Å². The summed E-state index contributed by atoms with van der Waals surface area (Å²) < 4.78 is 5.95. The Kier molecular flexibility index (Phi) is 4.40. The molecule has 3 nitrogen and oxygen atoms in total. The van der Waals surface area contributed by atoms with Crippen LogP contribution in [0.1, 0.15) is 35.3 Å². The molecule has 130 valence electrons. The van der Waals surface area contributed by atoms with Crippen LogP contribution in [0.5, 0.6) is 5.75 Å². The molecule has 0 radical (unpaired) electrons. The summed E-state index contributed by atoms with van der Waals surface area (Å²) in [5.41, 5.74) is 5.73. The van der Waals surface area contributed by atoms with Crippen molar-refractivity contribution in [1.82, 2.24) is 10.3 Å². The lowest BCUT2D eigenvalue weighted by Crippen LogP contribution is -2.31. The lowest BCUT2D eigenvalue weighted by Gasteiger charge is -2.27. The molecule has 0 amide bonds. The number of aryl methyl sites for hydroxylation is 1. The van der Waals surface area contributed by atoms with E-state index < -0.39 is 0 Å². The Morgan fingerprint density at radius 3 is 2.80 bits per heavy atom. The highest BCUT2D eigenvalue weighted by molar-refractivity contribution is 6.31. The molecule has 0 bridgehead atoms. The van der Waals surface area contributed by atoms with Crippen LogP contribution in [-0.4, -0.2) is 18.1 Å². The number of halogens is 2. The molecule has 1 aromatic heterocycles. The lowest BCUT2D eigenvalue weighted by atomic mass is 9.92. The van der Waals surface area contributed by atoms with E-state index in [1.54, 1.807) is 0 Å². The van der Waals surface area contributed by atoms with Crippen molar-refractivity contribution in [2.75, 3.05) is 13.2 Å². The van der Waals surface area contributed by atoms with Gasteiger partial charge in [0.1, 0.15) is 5.75 Å². The van der Waals surface area contributed by atoms with Crippen molar-refractivity contribution in [2.45, 2.75) is 26.3 Å². The number of nitrogens with one attached hydrogen (secondary N) is 2. The lowest BCUT2D eigenvalue weighted by molar-refractivity contribution is 0.330. The topological polar surface area (TPSA) is 37.0 Å². The smallest absolute Gasteiger partial charge is 0.127 e. The van der Waals surface area contributed by atoms with Crippen LogP contribution in [0, 0.1) is 6.92 Å². The summed E-state index contributed by atoms with van der Waals surface area (Å²) in [5.74, 6) is 0.911. The average Bonchev–Trinajstić information content (AvgIpc) is 2.95. The summed E-state index contributed by atoms with van der Waals surface area (Å²) in [6, 6.07) is 9.98. The van der Waals surface area contributed by atoms with E-state index in [-0.39, 0.29) is 6.04 Å². The van der Waals surface area contributed by atoms with Gasteiger partial charge in [-0.2, -0.15) is 0 Å². The molecule has 1 aliphatic rings. The van der Waals surface area contributed by atoms with Gasteiger partial charge in [0, 0.05) is 38.8 Å². The third-order valence-electron chi connectivity index (χ3n) is 4.78. The van der Waals surface area contributed by atoms with E-state index in [9.17, 15) is 0 Å². The fraction of sp³-hybridized carbons (Fsp3) is 0.300. The molecule has 3 aromatic rings. The molecule has 0 aliphatic carbocycles. The molecular formula is C20H20Cl2N2O. The highest BCUT2D eigenvalue weighted by atomic mass is 35.5. The average molecular weight is 375 g/mol. The van der Waals surface area contributed by atoms with Crippen LogP contribution in [0.4, 0.5) is 0 Å². The maximum Gasteiger partial charge on any atom is 0.127 e. The van der Waals surface area contributed by atoms with Gasteiger partial charge in [-0.15, -0.1) is 0 Å². The van der Waals surface area contributed by atoms with Crippen LogP contribution in [0.3, 0.4) is 0 Å². The summed E-state index contributed by atoms with van der Waals surface area (Å²) >= 11 is 12.6. The van der Waals surface area contributed by atoms with Crippen molar-refractivity contribution in [1.29, 1.82) is 0 Å². The summed E-state index contributed by atoms with van der Waals surface area (Å²) in [4.78, 5) is 3.58. The Bertz CT molecular complexity index is 949. The van der Waals surface area contributed by atoms with Gasteiger partial charge in [0.25, 0.3) is 0 Å². The monoisotopic (exact) mass is 374 g/mol. The van der Waals surface area contributed by atoms with Crippen LogP contribution in [0.2, 0.25) is 10.0 Å². The minimum Gasteiger partial charge on any atom is -0.493 e. The van der Waals surface area contributed by atoms with Gasteiger partial charge in [0.15, 0.2) is 0 Å². The molecule has 2 N–H and O–H groups in total. The molecule has 4 rings (SSSR count). The van der Waals surface area contributed by atoms with Gasteiger partial charge in [0.05, 0.1) is 12.6 Å². The predicted octanol–water partition coefficient (Wildman–Crippen LogP) is 5.42. The number of aromatic nitrogens is 1. The molecule has 1 unspecified atom stereocenters. The highest BCUT2D eigenvalue weighted by Crippen LogP contribution is 2.40. The van der Waals surface area contributed by atoms with Gasteiger partial charge in [-0.3, -0.25) is 0 Å². The Balaban J connectivity index is 1.91. The molecule has 0 saturated carbocycles. The van der Waals surface area contributed by atoms with Gasteiger partial charge in [-0.25, -0.2) is 0 Å². The molecule has 0 saturated heterocycles. The highest BCUT2D eigenvalue weighted by Gasteiger charge is 2.28. The second-order valence-electron chi connectivity index (χ2n) is 6.42. The quantitative estimate of drug-likeness (QED) is 0.642. The van der Waals surface area contributed by atoms with E-state index in [0.29, 0.717) is 6.61 Å². The molecule has 1 atom stereocenters. The summed E-state index contributed by atoms with van der Waals surface area (Å²) in [7, 11) is 0. The van der Waals surface area contributed by atoms with Gasteiger partial charge in [-0.05, 0) is 61.7 Å². The van der Waals surface area contributed by atoms with E-state index in [2.05, 4.69) is 10.3 Å². The Hall–Kier alpha value is -1.68. The van der Waals surface area contributed by atoms with Crippen LogP contribution in [0.25, 0.3) is 10.9 Å². The Labute approximate surface area is 157 Å². The van der Waals surface area contributed by atoms with Crippen molar-refractivity contribution in [3.05, 3.63) is 62.8 Å². The molecule has 2 aromatic carbocycles. The van der Waals surface area contributed by atoms with Crippen molar-refractivity contribution in [3.8, 4) is 5.75 Å². The minimum absolute atomic E-state index is 0.0221. The Morgan fingerprint density at radius 2 is 2.00 bits per heavy atom. The number of ether oxygens (including phenoxy) is 1. The molecule has 0 fully saturated rings. The second kappa shape index (κ2) is 6.56. The summed E-state index contributed by atoms with van der Waals surface area (Å²) in [6.45, 7) is 5.56. The summed E-state index contributed by atoms with van der Waals surface area (Å²) in [5, 5.41) is 6.31. The number of H-pyrrole nitrogens is 1. The van der Waals surface area contributed by atoms with Crippen molar-refractivity contribution in [2.24, 2.45) is 0 Å². The first-order chi connectivity index (χ1) is 12.1. The molecule has 25 heavy (non-hydrogen) atoms. The van der Waals surface area contributed by atoms with Crippen LogP contribution < -0.4 is 10.1 Å². The van der Waals surface area contributed by atoms with E-state index in [1.807, 2.05) is 44.2 Å². The fourth-order valence-corrected chi connectivity index (χ4v) is 4.23. The van der Waals surface area contributed by atoms with Crippen molar-refractivity contribution < 1.29 is 4.74 Å². The predicted molar refractivity (Wildman–Crippen MR) is 104 cm³/mol. The van der Waals surface area contributed by atoms with Gasteiger partial charge < -0.3 is 15.0 Å². The van der Waals surface area contributed by atoms with Gasteiger partial charge in [0.2, 0.25) is 0 Å². The number of benzene rings is 2. The van der Waals surface area contributed by atoms with E-state index in [0.717, 1.165) is 45.4 Å².